The van der Waals surface area contributed by atoms with E-state index in [1.165, 1.54) is 12.1 Å². The van der Waals surface area contributed by atoms with E-state index in [4.69, 9.17) is 27.2 Å². The van der Waals surface area contributed by atoms with Crippen LogP contribution in [0.4, 0.5) is 5.69 Å². The average Bonchev–Trinajstić information content (AvgIpc) is 3.65. The molecule has 2 aromatic rings. The Hall–Kier alpha value is -3.14. The Morgan fingerprint density at radius 1 is 1.17 bits per heavy atom. The minimum atomic E-state index is -0.613. The Labute approximate surface area is 215 Å². The van der Waals surface area contributed by atoms with Crippen LogP contribution in [0.15, 0.2) is 30.3 Å². The first-order valence-corrected chi connectivity index (χ1v) is 12.5. The molecule has 9 nitrogen and oxygen atoms in total. The third kappa shape index (κ3) is 5.80. The zero-order chi connectivity index (χ0) is 26.0. The summed E-state index contributed by atoms with van der Waals surface area (Å²) in [4.78, 5) is 16.2. The second kappa shape index (κ2) is 10.9. The van der Waals surface area contributed by atoms with Gasteiger partial charge in [-0.3, -0.25) is 25.4 Å². The molecule has 36 heavy (non-hydrogen) atoms. The van der Waals surface area contributed by atoms with Gasteiger partial charge in [-0.05, 0) is 48.1 Å². The first-order valence-electron chi connectivity index (χ1n) is 12.1. The number of nitrogens with zero attached hydrogens (tertiary/aromatic N) is 2. The Bertz CT molecular complexity index is 1180. The molecule has 1 heterocycles. The van der Waals surface area contributed by atoms with E-state index in [0.717, 1.165) is 36.4 Å². The molecular formula is C26H32ClN5O4. The summed E-state index contributed by atoms with van der Waals surface area (Å²) in [5.41, 5.74) is 1.87. The summed E-state index contributed by atoms with van der Waals surface area (Å²) in [6.07, 6.45) is 1.71. The second-order valence-electron chi connectivity index (χ2n) is 9.53. The number of hydrogen-bond donors (Lipinski definition) is 5. The fourth-order valence-electron chi connectivity index (χ4n) is 4.12. The molecule has 0 aromatic heterocycles. The first kappa shape index (κ1) is 25.9. The van der Waals surface area contributed by atoms with Gasteiger partial charge in [0.05, 0.1) is 24.5 Å². The molecule has 1 saturated carbocycles. The largest absolute Gasteiger partial charge is 0.508 e. The van der Waals surface area contributed by atoms with Gasteiger partial charge in [-0.25, -0.2) is 0 Å². The number of nitrogens with one attached hydrogen (secondary N) is 3. The lowest BCUT2D eigenvalue weighted by Gasteiger charge is -2.28. The van der Waals surface area contributed by atoms with Gasteiger partial charge in [0, 0.05) is 36.8 Å². The van der Waals surface area contributed by atoms with Gasteiger partial charge >= 0.3 is 0 Å². The van der Waals surface area contributed by atoms with Crippen molar-refractivity contribution in [1.29, 1.82) is 10.8 Å². The monoisotopic (exact) mass is 513 g/mol. The van der Waals surface area contributed by atoms with Crippen molar-refractivity contribution >= 4 is 34.9 Å². The highest BCUT2D eigenvalue weighted by Gasteiger charge is 2.31. The molecule has 2 aromatic carbocycles. The molecule has 1 aliphatic carbocycles. The van der Waals surface area contributed by atoms with Crippen LogP contribution in [0.5, 0.6) is 11.5 Å². The van der Waals surface area contributed by atoms with E-state index in [1.807, 2.05) is 19.9 Å². The van der Waals surface area contributed by atoms with Gasteiger partial charge in [-0.2, -0.15) is 0 Å². The van der Waals surface area contributed by atoms with Crippen LogP contribution in [0, 0.1) is 10.8 Å². The third-order valence-electron chi connectivity index (χ3n) is 6.39. The number of carbonyl (C=O) groups is 1. The molecule has 192 valence electrons. The molecule has 4 rings (SSSR count). The van der Waals surface area contributed by atoms with Crippen molar-refractivity contribution in [3.63, 3.8) is 0 Å². The van der Waals surface area contributed by atoms with Crippen molar-refractivity contribution in [2.75, 3.05) is 31.2 Å². The van der Waals surface area contributed by atoms with Crippen LogP contribution in [-0.4, -0.2) is 65.0 Å². The summed E-state index contributed by atoms with van der Waals surface area (Å²) in [5.74, 6) is -1.82. The van der Waals surface area contributed by atoms with Crippen molar-refractivity contribution in [2.45, 2.75) is 45.2 Å². The topological polar surface area (TPSA) is 133 Å². The molecule has 2 fully saturated rings. The van der Waals surface area contributed by atoms with Gasteiger partial charge in [0.1, 0.15) is 17.3 Å². The number of ether oxygens (including phenoxy) is 1. The molecule has 0 unspecified atom stereocenters. The number of amidine groups is 2. The number of aromatic hydroxyl groups is 2. The highest BCUT2D eigenvalue weighted by Crippen LogP contribution is 2.34. The molecule has 10 heteroatoms. The summed E-state index contributed by atoms with van der Waals surface area (Å²) in [6.45, 7) is 7.35. The molecule has 5 N–H and O–H groups in total. The number of phenols is 2. The van der Waals surface area contributed by atoms with Crippen molar-refractivity contribution in [1.82, 2.24) is 10.2 Å². The number of benzene rings is 2. The fourth-order valence-corrected chi connectivity index (χ4v) is 4.36. The minimum absolute atomic E-state index is 0.0305. The predicted molar refractivity (Wildman–Crippen MR) is 140 cm³/mol. The second-order valence-corrected chi connectivity index (χ2v) is 9.93. The fraction of sp³-hybridized carbons (Fsp3) is 0.423. The van der Waals surface area contributed by atoms with Gasteiger partial charge in [-0.1, -0.05) is 31.5 Å². The molecule has 0 radical (unpaired) electrons. The molecule has 1 amide bonds. The lowest BCUT2D eigenvalue weighted by Crippen LogP contribution is -2.46. The highest BCUT2D eigenvalue weighted by atomic mass is 35.5. The third-order valence-corrected chi connectivity index (χ3v) is 6.74. The number of phenolic OH excluding ortho intramolecular Hbond substituents is 2. The number of amides is 1. The normalized spacial score (nSPS) is 16.1. The Morgan fingerprint density at radius 3 is 2.47 bits per heavy atom. The molecule has 0 atom stereocenters. The molecule has 1 aliphatic heterocycles. The van der Waals surface area contributed by atoms with Crippen LogP contribution >= 0.6 is 11.6 Å². The quantitative estimate of drug-likeness (QED) is 0.295. The number of anilines is 1. The number of halogens is 1. The molecule has 0 spiro atoms. The van der Waals surface area contributed by atoms with Crippen LogP contribution < -0.4 is 10.2 Å². The lowest BCUT2D eigenvalue weighted by molar-refractivity contribution is -0.115. The van der Waals surface area contributed by atoms with E-state index >= 15 is 0 Å². The maximum absolute atomic E-state index is 12.8. The van der Waals surface area contributed by atoms with Gasteiger partial charge < -0.3 is 20.3 Å². The van der Waals surface area contributed by atoms with E-state index in [1.54, 1.807) is 12.1 Å². The smallest absolute Gasteiger partial charge is 0.287 e. The maximum Gasteiger partial charge on any atom is 0.287 e. The van der Waals surface area contributed by atoms with Crippen molar-refractivity contribution in [2.24, 2.45) is 0 Å². The van der Waals surface area contributed by atoms with Gasteiger partial charge in [-0.15, -0.1) is 0 Å². The molecule has 0 bridgehead atoms. The summed E-state index contributed by atoms with van der Waals surface area (Å²) in [5, 5.41) is 41.6. The molecular weight excluding hydrogens is 482 g/mol. The van der Waals surface area contributed by atoms with Crippen LogP contribution in [0.2, 0.25) is 5.02 Å². The average molecular weight is 514 g/mol. The van der Waals surface area contributed by atoms with E-state index < -0.39 is 11.7 Å². The van der Waals surface area contributed by atoms with Crippen LogP contribution in [0.1, 0.15) is 49.3 Å². The standard InChI is InChI=1S/C26H32ClN5O4/c1-15(2)19-12-20(23(34)13-22(19)33)24(28)32(25(29)26(35)30-17-4-5-17)18-6-3-16(21(27)11-18)14-31-7-9-36-10-8-31/h3,6,11-13,15,17,28-29,33-34H,4-5,7-10,14H2,1-2H3,(H,30,35). The van der Waals surface area contributed by atoms with Crippen LogP contribution in [0.3, 0.4) is 0 Å². The van der Waals surface area contributed by atoms with Crippen molar-refractivity contribution in [3.05, 3.63) is 52.0 Å². The lowest BCUT2D eigenvalue weighted by atomic mass is 9.98. The summed E-state index contributed by atoms with van der Waals surface area (Å²) in [6, 6.07) is 7.91. The van der Waals surface area contributed by atoms with E-state index in [-0.39, 0.29) is 34.9 Å². The molecule has 2 aliphatic rings. The highest BCUT2D eigenvalue weighted by molar-refractivity contribution is 6.48. The zero-order valence-electron chi connectivity index (χ0n) is 20.5. The SMILES string of the molecule is CC(C)c1cc(C(=N)N(C(=N)C(=O)NC2CC2)c2ccc(CN3CCOCC3)c(Cl)c2)c(O)cc1O. The Balaban J connectivity index is 1.69. The first-order chi connectivity index (χ1) is 17.2. The number of hydrogen-bond acceptors (Lipinski definition) is 7. The van der Waals surface area contributed by atoms with Gasteiger partial charge in [0.15, 0.2) is 5.84 Å². The predicted octanol–water partition coefficient (Wildman–Crippen LogP) is 3.79. The van der Waals surface area contributed by atoms with Gasteiger partial charge in [0.2, 0.25) is 0 Å². The zero-order valence-corrected chi connectivity index (χ0v) is 21.2. The van der Waals surface area contributed by atoms with Crippen molar-refractivity contribution in [3.8, 4) is 11.5 Å². The summed E-state index contributed by atoms with van der Waals surface area (Å²) < 4.78 is 5.40. The Kier molecular flexibility index (Phi) is 7.82. The van der Waals surface area contributed by atoms with Crippen LogP contribution in [-0.2, 0) is 16.1 Å². The number of carbonyl (C=O) groups excluding carboxylic acids is 1. The number of morpholine rings is 1. The Morgan fingerprint density at radius 2 is 1.86 bits per heavy atom. The minimum Gasteiger partial charge on any atom is -0.508 e. The molecule has 1 saturated heterocycles. The van der Waals surface area contributed by atoms with Gasteiger partial charge in [0.25, 0.3) is 5.91 Å². The van der Waals surface area contributed by atoms with E-state index in [2.05, 4.69) is 10.2 Å². The van der Waals surface area contributed by atoms with E-state index in [9.17, 15) is 15.0 Å². The number of rotatable bonds is 6. The maximum atomic E-state index is 12.8. The summed E-state index contributed by atoms with van der Waals surface area (Å²) >= 11 is 6.63. The van der Waals surface area contributed by atoms with Crippen LogP contribution in [0.25, 0.3) is 0 Å². The summed E-state index contributed by atoms with van der Waals surface area (Å²) in [7, 11) is 0. The van der Waals surface area contributed by atoms with Crippen molar-refractivity contribution < 1.29 is 19.7 Å². The van der Waals surface area contributed by atoms with E-state index in [0.29, 0.717) is 36.0 Å².